The standard InChI is InChI=1S/C14H8ClF4NO2/c1-22-13-11(18)9(16)8(10(17)12(13)19)14(21)20-7-5-3-2-4-6(7)15/h2-5H,1H3,(H,20,21). The molecule has 0 spiro atoms. The van der Waals surface area contributed by atoms with E-state index in [2.05, 4.69) is 10.1 Å². The van der Waals surface area contributed by atoms with Crippen LogP contribution in [-0.4, -0.2) is 13.0 Å². The summed E-state index contributed by atoms with van der Waals surface area (Å²) in [6.45, 7) is 0. The maximum atomic E-state index is 13.8. The van der Waals surface area contributed by atoms with Crippen LogP contribution in [0.4, 0.5) is 23.2 Å². The Morgan fingerprint density at radius 1 is 1.05 bits per heavy atom. The van der Waals surface area contributed by atoms with E-state index in [4.69, 9.17) is 11.6 Å². The zero-order valence-corrected chi connectivity index (χ0v) is 11.8. The average Bonchev–Trinajstić information content (AvgIpc) is 2.48. The number of carbonyl (C=O) groups is 1. The second-order valence-electron chi connectivity index (χ2n) is 4.10. The molecule has 0 aliphatic rings. The van der Waals surface area contributed by atoms with E-state index < -0.39 is 40.5 Å². The van der Waals surface area contributed by atoms with E-state index in [1.165, 1.54) is 18.2 Å². The lowest BCUT2D eigenvalue weighted by molar-refractivity contribution is 0.101. The van der Waals surface area contributed by atoms with Crippen molar-refractivity contribution in [1.82, 2.24) is 0 Å². The van der Waals surface area contributed by atoms with Gasteiger partial charge in [0.15, 0.2) is 17.4 Å². The van der Waals surface area contributed by atoms with Crippen LogP contribution in [0.15, 0.2) is 24.3 Å². The van der Waals surface area contributed by atoms with Gasteiger partial charge in [0.1, 0.15) is 5.56 Å². The fourth-order valence-corrected chi connectivity index (χ4v) is 1.92. The fourth-order valence-electron chi connectivity index (χ4n) is 1.74. The fraction of sp³-hybridized carbons (Fsp3) is 0.0714. The highest BCUT2D eigenvalue weighted by Gasteiger charge is 2.30. The van der Waals surface area contributed by atoms with Crippen LogP contribution in [0.1, 0.15) is 10.4 Å². The van der Waals surface area contributed by atoms with Crippen LogP contribution < -0.4 is 10.1 Å². The van der Waals surface area contributed by atoms with Gasteiger partial charge in [-0.25, -0.2) is 8.78 Å². The van der Waals surface area contributed by atoms with Crippen LogP contribution in [0.2, 0.25) is 5.02 Å². The van der Waals surface area contributed by atoms with Crippen LogP contribution in [0.5, 0.6) is 5.75 Å². The molecule has 1 N–H and O–H groups in total. The van der Waals surface area contributed by atoms with Crippen LogP contribution >= 0.6 is 11.6 Å². The van der Waals surface area contributed by atoms with Gasteiger partial charge in [0.25, 0.3) is 5.91 Å². The molecular weight excluding hydrogens is 326 g/mol. The number of hydrogen-bond donors (Lipinski definition) is 1. The average molecular weight is 334 g/mol. The molecule has 0 aromatic heterocycles. The van der Waals surface area contributed by atoms with Gasteiger partial charge in [-0.05, 0) is 12.1 Å². The van der Waals surface area contributed by atoms with E-state index in [9.17, 15) is 22.4 Å². The first-order valence-electron chi connectivity index (χ1n) is 5.84. The number of benzene rings is 2. The van der Waals surface area contributed by atoms with Crippen molar-refractivity contribution in [2.24, 2.45) is 0 Å². The molecule has 0 unspecified atom stereocenters. The van der Waals surface area contributed by atoms with Gasteiger partial charge in [-0.15, -0.1) is 0 Å². The molecule has 0 saturated carbocycles. The largest absolute Gasteiger partial charge is 0.491 e. The Bertz CT molecular complexity index is 723. The minimum absolute atomic E-state index is 0.0320. The minimum atomic E-state index is -1.86. The molecule has 116 valence electrons. The molecule has 0 radical (unpaired) electrons. The Balaban J connectivity index is 2.49. The Labute approximate surface area is 127 Å². The predicted octanol–water partition coefficient (Wildman–Crippen LogP) is 4.16. The number of para-hydroxylation sites is 1. The molecule has 0 bridgehead atoms. The maximum absolute atomic E-state index is 13.8. The summed E-state index contributed by atoms with van der Waals surface area (Å²) < 4.78 is 58.9. The van der Waals surface area contributed by atoms with Gasteiger partial charge < -0.3 is 10.1 Å². The molecule has 2 aromatic rings. The topological polar surface area (TPSA) is 38.3 Å². The van der Waals surface area contributed by atoms with Crippen molar-refractivity contribution in [3.05, 3.63) is 58.1 Å². The summed E-state index contributed by atoms with van der Waals surface area (Å²) in [4.78, 5) is 11.9. The third-order valence-electron chi connectivity index (χ3n) is 2.78. The quantitative estimate of drug-likeness (QED) is 0.676. The van der Waals surface area contributed by atoms with Gasteiger partial charge in [0.05, 0.1) is 17.8 Å². The summed E-state index contributed by atoms with van der Waals surface area (Å²) in [7, 11) is 0.837. The van der Waals surface area contributed by atoms with E-state index >= 15 is 0 Å². The number of hydrogen-bond acceptors (Lipinski definition) is 2. The molecule has 2 rings (SSSR count). The zero-order chi connectivity index (χ0) is 16.4. The number of rotatable bonds is 3. The molecule has 1 amide bonds. The molecule has 22 heavy (non-hydrogen) atoms. The van der Waals surface area contributed by atoms with Crippen molar-refractivity contribution >= 4 is 23.2 Å². The van der Waals surface area contributed by atoms with Crippen molar-refractivity contribution in [1.29, 1.82) is 0 Å². The lowest BCUT2D eigenvalue weighted by Gasteiger charge is -2.12. The van der Waals surface area contributed by atoms with Gasteiger partial charge in [-0.1, -0.05) is 23.7 Å². The molecule has 8 heteroatoms. The van der Waals surface area contributed by atoms with Crippen molar-refractivity contribution in [3.63, 3.8) is 0 Å². The van der Waals surface area contributed by atoms with Crippen molar-refractivity contribution < 1.29 is 27.1 Å². The van der Waals surface area contributed by atoms with Gasteiger partial charge >= 0.3 is 0 Å². The van der Waals surface area contributed by atoms with Crippen LogP contribution in [0, 0.1) is 23.3 Å². The van der Waals surface area contributed by atoms with Gasteiger partial charge in [0, 0.05) is 0 Å². The van der Waals surface area contributed by atoms with Gasteiger partial charge in [-0.3, -0.25) is 4.79 Å². The summed E-state index contributed by atoms with van der Waals surface area (Å²) in [5.41, 5.74) is -1.37. The Morgan fingerprint density at radius 2 is 1.59 bits per heavy atom. The summed E-state index contributed by atoms with van der Waals surface area (Å²) >= 11 is 5.78. The SMILES string of the molecule is COc1c(F)c(F)c(C(=O)Nc2ccccc2Cl)c(F)c1F. The molecule has 0 aliphatic heterocycles. The van der Waals surface area contributed by atoms with Gasteiger partial charge in [0.2, 0.25) is 11.6 Å². The third kappa shape index (κ3) is 2.71. The van der Waals surface area contributed by atoms with Crippen molar-refractivity contribution in [3.8, 4) is 5.75 Å². The zero-order valence-electron chi connectivity index (χ0n) is 11.0. The normalized spacial score (nSPS) is 10.5. The van der Waals surface area contributed by atoms with Crippen LogP contribution in [0.3, 0.4) is 0 Å². The van der Waals surface area contributed by atoms with E-state index in [1.54, 1.807) is 6.07 Å². The molecular formula is C14H8ClF4NO2. The Hall–Kier alpha value is -2.28. The first kappa shape index (κ1) is 16.1. The lowest BCUT2D eigenvalue weighted by Crippen LogP contribution is -2.19. The van der Waals surface area contributed by atoms with E-state index in [0.29, 0.717) is 0 Å². The summed E-state index contributed by atoms with van der Waals surface area (Å²) in [5.74, 6) is -9.95. The van der Waals surface area contributed by atoms with E-state index in [0.717, 1.165) is 7.11 Å². The number of ether oxygens (including phenoxy) is 1. The second-order valence-corrected chi connectivity index (χ2v) is 4.51. The highest BCUT2D eigenvalue weighted by Crippen LogP contribution is 2.30. The lowest BCUT2D eigenvalue weighted by atomic mass is 10.1. The molecule has 0 aliphatic carbocycles. The number of amides is 1. The third-order valence-corrected chi connectivity index (χ3v) is 3.11. The summed E-state index contributed by atoms with van der Waals surface area (Å²) in [6, 6.07) is 5.83. The maximum Gasteiger partial charge on any atom is 0.261 e. The number of anilines is 1. The van der Waals surface area contributed by atoms with E-state index in [-0.39, 0.29) is 10.7 Å². The second kappa shape index (κ2) is 6.23. The Morgan fingerprint density at radius 3 is 2.09 bits per heavy atom. The molecule has 0 fully saturated rings. The number of nitrogens with one attached hydrogen (secondary N) is 1. The Kier molecular flexibility index (Phi) is 4.56. The first-order valence-corrected chi connectivity index (χ1v) is 6.22. The molecule has 2 aromatic carbocycles. The number of halogens is 5. The summed E-state index contributed by atoms with van der Waals surface area (Å²) in [5, 5.41) is 2.16. The number of methoxy groups -OCH3 is 1. The van der Waals surface area contributed by atoms with E-state index in [1.807, 2.05) is 0 Å². The van der Waals surface area contributed by atoms with Gasteiger partial charge in [-0.2, -0.15) is 8.78 Å². The van der Waals surface area contributed by atoms with Crippen molar-refractivity contribution in [2.45, 2.75) is 0 Å². The van der Waals surface area contributed by atoms with Crippen LogP contribution in [-0.2, 0) is 0 Å². The van der Waals surface area contributed by atoms with Crippen molar-refractivity contribution in [2.75, 3.05) is 12.4 Å². The number of carbonyl (C=O) groups excluding carboxylic acids is 1. The minimum Gasteiger partial charge on any atom is -0.491 e. The summed E-state index contributed by atoms with van der Waals surface area (Å²) in [6.07, 6.45) is 0. The highest BCUT2D eigenvalue weighted by atomic mass is 35.5. The highest BCUT2D eigenvalue weighted by molar-refractivity contribution is 6.33. The molecule has 0 saturated heterocycles. The smallest absolute Gasteiger partial charge is 0.261 e. The first-order chi connectivity index (χ1) is 10.4. The molecule has 0 heterocycles. The molecule has 3 nitrogen and oxygen atoms in total. The predicted molar refractivity (Wildman–Crippen MR) is 72.2 cm³/mol. The van der Waals surface area contributed by atoms with Crippen LogP contribution in [0.25, 0.3) is 0 Å². The monoisotopic (exact) mass is 333 g/mol. The molecule has 0 atom stereocenters.